The van der Waals surface area contributed by atoms with E-state index >= 15 is 0 Å². The maximum absolute atomic E-state index is 6.06. The van der Waals surface area contributed by atoms with Gasteiger partial charge in [-0.3, -0.25) is 0 Å². The van der Waals surface area contributed by atoms with Crippen molar-refractivity contribution in [3.63, 3.8) is 0 Å². The number of nitrogens with zero attached hydrogens (tertiary/aromatic N) is 5. The lowest BCUT2D eigenvalue weighted by molar-refractivity contribution is 0.635. The summed E-state index contributed by atoms with van der Waals surface area (Å²) in [7, 11) is 2.06. The Bertz CT molecular complexity index is 441. The zero-order chi connectivity index (χ0) is 13.2. The van der Waals surface area contributed by atoms with E-state index in [0.717, 1.165) is 19.0 Å². The summed E-state index contributed by atoms with van der Waals surface area (Å²) in [6, 6.07) is 0.546. The van der Waals surface area contributed by atoms with Crippen LogP contribution in [0, 0.1) is 0 Å². The highest BCUT2D eigenvalue weighted by atomic mass is 35.5. The first-order valence-corrected chi connectivity index (χ1v) is 7.51. The third kappa shape index (κ3) is 2.76. The van der Waals surface area contributed by atoms with Crippen molar-refractivity contribution < 1.29 is 0 Å². The minimum atomic E-state index is 0.303. The third-order valence-corrected chi connectivity index (χ3v) is 4.33. The Morgan fingerprint density at radius 3 is 2.42 bits per heavy atom. The standard InChI is InChI=1S/C13H20ClN5/c1-18(10-6-2-3-7-10)12-15-11(14)16-13(17-12)19-8-4-5-9-19/h10H,2-9H2,1H3. The van der Waals surface area contributed by atoms with Gasteiger partial charge in [-0.2, -0.15) is 15.0 Å². The lowest BCUT2D eigenvalue weighted by atomic mass is 10.2. The second-order valence-corrected chi connectivity index (χ2v) is 5.79. The average Bonchev–Trinajstić information content (AvgIpc) is 3.10. The van der Waals surface area contributed by atoms with Crippen molar-refractivity contribution in [1.29, 1.82) is 0 Å². The van der Waals surface area contributed by atoms with Gasteiger partial charge in [-0.15, -0.1) is 0 Å². The molecule has 3 rings (SSSR count). The van der Waals surface area contributed by atoms with Crippen molar-refractivity contribution in [2.75, 3.05) is 29.9 Å². The summed E-state index contributed by atoms with van der Waals surface area (Å²) < 4.78 is 0. The van der Waals surface area contributed by atoms with Crippen LogP contribution in [-0.4, -0.2) is 41.1 Å². The molecule has 19 heavy (non-hydrogen) atoms. The Kier molecular flexibility index (Phi) is 3.73. The van der Waals surface area contributed by atoms with E-state index < -0.39 is 0 Å². The lowest BCUT2D eigenvalue weighted by Gasteiger charge is -2.25. The van der Waals surface area contributed by atoms with E-state index in [-0.39, 0.29) is 0 Å². The highest BCUT2D eigenvalue weighted by Gasteiger charge is 2.24. The molecule has 0 bridgehead atoms. The normalized spacial score (nSPS) is 20.2. The summed E-state index contributed by atoms with van der Waals surface area (Å²) >= 11 is 6.06. The van der Waals surface area contributed by atoms with Gasteiger partial charge in [-0.1, -0.05) is 12.8 Å². The predicted molar refractivity (Wildman–Crippen MR) is 76.9 cm³/mol. The van der Waals surface area contributed by atoms with E-state index in [1.807, 2.05) is 0 Å². The second kappa shape index (κ2) is 5.49. The van der Waals surface area contributed by atoms with E-state index in [0.29, 0.717) is 17.3 Å². The van der Waals surface area contributed by atoms with Crippen molar-refractivity contribution in [1.82, 2.24) is 15.0 Å². The van der Waals surface area contributed by atoms with Gasteiger partial charge in [0.05, 0.1) is 0 Å². The fourth-order valence-electron chi connectivity index (χ4n) is 3.00. The molecule has 0 aromatic carbocycles. The summed E-state index contributed by atoms with van der Waals surface area (Å²) in [5, 5.41) is 0.303. The van der Waals surface area contributed by atoms with Crippen LogP contribution < -0.4 is 9.80 Å². The Morgan fingerprint density at radius 2 is 1.74 bits per heavy atom. The SMILES string of the molecule is CN(c1nc(Cl)nc(N2CCCC2)n1)C1CCCC1. The van der Waals surface area contributed by atoms with Crippen LogP contribution in [0.25, 0.3) is 0 Å². The molecule has 2 fully saturated rings. The molecule has 1 aromatic heterocycles. The first-order valence-electron chi connectivity index (χ1n) is 7.13. The summed E-state index contributed by atoms with van der Waals surface area (Å²) in [4.78, 5) is 17.5. The second-order valence-electron chi connectivity index (χ2n) is 5.45. The molecule has 0 amide bonds. The van der Waals surface area contributed by atoms with Crippen LogP contribution in [0.2, 0.25) is 5.28 Å². The van der Waals surface area contributed by atoms with E-state index in [4.69, 9.17) is 11.6 Å². The number of hydrogen-bond acceptors (Lipinski definition) is 5. The number of aromatic nitrogens is 3. The van der Waals surface area contributed by atoms with E-state index in [9.17, 15) is 0 Å². The van der Waals surface area contributed by atoms with E-state index in [2.05, 4.69) is 31.8 Å². The number of halogens is 1. The van der Waals surface area contributed by atoms with Gasteiger partial charge in [0.15, 0.2) is 0 Å². The van der Waals surface area contributed by atoms with Crippen LogP contribution in [-0.2, 0) is 0 Å². The number of hydrogen-bond donors (Lipinski definition) is 0. The monoisotopic (exact) mass is 281 g/mol. The van der Waals surface area contributed by atoms with Gasteiger partial charge in [0.1, 0.15) is 0 Å². The zero-order valence-electron chi connectivity index (χ0n) is 11.3. The molecule has 1 aliphatic heterocycles. The lowest BCUT2D eigenvalue weighted by Crippen LogP contribution is -2.31. The molecule has 1 aromatic rings. The molecular formula is C13H20ClN5. The fraction of sp³-hybridized carbons (Fsp3) is 0.769. The first-order chi connectivity index (χ1) is 9.24. The van der Waals surface area contributed by atoms with E-state index in [1.54, 1.807) is 0 Å². The smallest absolute Gasteiger partial charge is 0.231 e. The summed E-state index contributed by atoms with van der Waals surface area (Å²) in [5.74, 6) is 1.45. The van der Waals surface area contributed by atoms with Gasteiger partial charge in [0, 0.05) is 26.2 Å². The topological polar surface area (TPSA) is 45.2 Å². The molecule has 0 atom stereocenters. The van der Waals surface area contributed by atoms with Crippen LogP contribution in [0.1, 0.15) is 38.5 Å². The molecule has 1 aliphatic carbocycles. The largest absolute Gasteiger partial charge is 0.341 e. The van der Waals surface area contributed by atoms with Crippen LogP contribution >= 0.6 is 11.6 Å². The minimum absolute atomic E-state index is 0.303. The summed E-state index contributed by atoms with van der Waals surface area (Å²) in [5.41, 5.74) is 0. The third-order valence-electron chi connectivity index (χ3n) is 4.16. The Balaban J connectivity index is 1.83. The van der Waals surface area contributed by atoms with Gasteiger partial charge in [-0.05, 0) is 37.3 Å². The molecule has 5 nitrogen and oxygen atoms in total. The molecular weight excluding hydrogens is 262 g/mol. The number of rotatable bonds is 3. The molecule has 0 spiro atoms. The maximum atomic E-state index is 6.06. The Morgan fingerprint density at radius 1 is 1.05 bits per heavy atom. The molecule has 2 heterocycles. The Hall–Kier alpha value is -1.10. The van der Waals surface area contributed by atoms with Gasteiger partial charge < -0.3 is 9.80 Å². The molecule has 1 saturated carbocycles. The first kappa shape index (κ1) is 12.9. The van der Waals surface area contributed by atoms with Crippen molar-refractivity contribution in [2.45, 2.75) is 44.6 Å². The predicted octanol–water partition coefficient (Wildman–Crippen LogP) is 2.50. The average molecular weight is 282 g/mol. The highest BCUT2D eigenvalue weighted by molar-refractivity contribution is 6.28. The fourth-order valence-corrected chi connectivity index (χ4v) is 3.15. The van der Waals surface area contributed by atoms with Gasteiger partial charge in [0.2, 0.25) is 17.2 Å². The summed E-state index contributed by atoms with van der Waals surface area (Å²) in [6.45, 7) is 2.04. The molecule has 1 saturated heterocycles. The van der Waals surface area contributed by atoms with Gasteiger partial charge in [0.25, 0.3) is 0 Å². The van der Waals surface area contributed by atoms with Crippen LogP contribution in [0.15, 0.2) is 0 Å². The summed E-state index contributed by atoms with van der Waals surface area (Å²) in [6.07, 6.45) is 7.45. The highest BCUT2D eigenvalue weighted by Crippen LogP contribution is 2.27. The van der Waals surface area contributed by atoms with Crippen molar-refractivity contribution in [3.05, 3.63) is 5.28 Å². The quantitative estimate of drug-likeness (QED) is 0.852. The number of anilines is 2. The molecule has 2 aliphatic rings. The van der Waals surface area contributed by atoms with Crippen LogP contribution in [0.4, 0.5) is 11.9 Å². The minimum Gasteiger partial charge on any atom is -0.341 e. The zero-order valence-corrected chi connectivity index (χ0v) is 12.1. The molecule has 0 N–H and O–H groups in total. The van der Waals surface area contributed by atoms with E-state index in [1.165, 1.54) is 38.5 Å². The Labute approximate surface area is 119 Å². The molecule has 0 radical (unpaired) electrons. The van der Waals surface area contributed by atoms with Crippen molar-refractivity contribution in [2.24, 2.45) is 0 Å². The van der Waals surface area contributed by atoms with Gasteiger partial charge in [-0.25, -0.2) is 0 Å². The maximum Gasteiger partial charge on any atom is 0.231 e. The van der Waals surface area contributed by atoms with Crippen molar-refractivity contribution >= 4 is 23.5 Å². The molecule has 0 unspecified atom stereocenters. The van der Waals surface area contributed by atoms with Crippen molar-refractivity contribution in [3.8, 4) is 0 Å². The van der Waals surface area contributed by atoms with Crippen LogP contribution in [0.3, 0.4) is 0 Å². The van der Waals surface area contributed by atoms with Gasteiger partial charge >= 0.3 is 0 Å². The van der Waals surface area contributed by atoms with Crippen LogP contribution in [0.5, 0.6) is 0 Å². The molecule has 104 valence electrons. The molecule has 6 heteroatoms.